The van der Waals surface area contributed by atoms with Crippen LogP contribution in [0.3, 0.4) is 0 Å². The molecule has 25 heavy (non-hydrogen) atoms. The fourth-order valence-electron chi connectivity index (χ4n) is 2.69. The molecule has 1 atom stereocenters. The molecule has 1 unspecified atom stereocenters. The van der Waals surface area contributed by atoms with E-state index < -0.39 is 0 Å². The molecule has 4 heteroatoms. The molecule has 1 aliphatic heterocycles. The minimum absolute atomic E-state index is 0.0138. The van der Waals surface area contributed by atoms with Crippen LogP contribution >= 0.6 is 0 Å². The summed E-state index contributed by atoms with van der Waals surface area (Å²) < 4.78 is 11.8. The first-order chi connectivity index (χ1) is 12.4. The standard InChI is InChI=1S/C21H30BNO2/c23-16-8-3-1-2-4-9-17-24-21-13-12-20(14-15-22-21)25-18-19-10-6-5-7-11-19/h5-7,10-15,20H,1-4,8-9,16-18,23H2. The quantitative estimate of drug-likeness (QED) is 0.465. The summed E-state index contributed by atoms with van der Waals surface area (Å²) in [6.07, 6.45) is 13.4. The number of nitrogens with two attached hydrogens (primary N) is 1. The van der Waals surface area contributed by atoms with E-state index in [9.17, 15) is 0 Å². The Morgan fingerprint density at radius 3 is 2.48 bits per heavy atom. The number of hydrogen-bond donors (Lipinski definition) is 1. The van der Waals surface area contributed by atoms with Crippen molar-refractivity contribution in [2.75, 3.05) is 13.2 Å². The van der Waals surface area contributed by atoms with Gasteiger partial charge in [0.1, 0.15) is 0 Å². The van der Waals surface area contributed by atoms with Crippen LogP contribution in [0.2, 0.25) is 0 Å². The van der Waals surface area contributed by atoms with Crippen molar-refractivity contribution in [2.45, 2.75) is 51.2 Å². The van der Waals surface area contributed by atoms with Crippen molar-refractivity contribution >= 4 is 12.6 Å². The van der Waals surface area contributed by atoms with Crippen LogP contribution in [0.4, 0.5) is 0 Å². The molecule has 1 heterocycles. The van der Waals surface area contributed by atoms with Crippen molar-refractivity contribution in [3.05, 3.63) is 60.1 Å². The molecule has 0 bridgehead atoms. The van der Waals surface area contributed by atoms with Gasteiger partial charge >= 0.3 is 152 Å². The van der Waals surface area contributed by atoms with E-state index >= 15 is 0 Å². The zero-order valence-corrected chi connectivity index (χ0v) is 15.1. The van der Waals surface area contributed by atoms with Gasteiger partial charge in [0.15, 0.2) is 0 Å². The second-order valence-corrected chi connectivity index (χ2v) is 6.33. The second-order valence-electron chi connectivity index (χ2n) is 6.33. The summed E-state index contributed by atoms with van der Waals surface area (Å²) in [5, 5.41) is 0. The first-order valence-electron chi connectivity index (χ1n) is 9.43. The summed E-state index contributed by atoms with van der Waals surface area (Å²) >= 11 is 0. The Labute approximate surface area is 152 Å². The molecule has 3 nitrogen and oxygen atoms in total. The Bertz CT molecular complexity index is 554. The number of hydrogen-bond acceptors (Lipinski definition) is 3. The number of ether oxygens (including phenoxy) is 2. The van der Waals surface area contributed by atoms with E-state index in [0.29, 0.717) is 6.61 Å². The van der Waals surface area contributed by atoms with Gasteiger partial charge in [0.2, 0.25) is 0 Å². The van der Waals surface area contributed by atoms with Gasteiger partial charge in [-0.1, -0.05) is 0 Å². The molecule has 0 saturated heterocycles. The predicted octanol–water partition coefficient (Wildman–Crippen LogP) is 3.81. The van der Waals surface area contributed by atoms with Crippen LogP contribution in [0.1, 0.15) is 44.1 Å². The van der Waals surface area contributed by atoms with Crippen molar-refractivity contribution in [1.82, 2.24) is 0 Å². The Morgan fingerprint density at radius 2 is 1.68 bits per heavy atom. The van der Waals surface area contributed by atoms with Crippen LogP contribution in [-0.2, 0) is 16.1 Å². The molecule has 2 N–H and O–H groups in total. The molecule has 0 amide bonds. The van der Waals surface area contributed by atoms with Gasteiger partial charge in [0, 0.05) is 0 Å². The van der Waals surface area contributed by atoms with Gasteiger partial charge in [-0.05, 0) is 0 Å². The van der Waals surface area contributed by atoms with E-state index in [-0.39, 0.29) is 6.10 Å². The van der Waals surface area contributed by atoms with Gasteiger partial charge in [-0.25, -0.2) is 0 Å². The average molecular weight is 339 g/mol. The van der Waals surface area contributed by atoms with Crippen LogP contribution in [0.15, 0.2) is 54.5 Å². The topological polar surface area (TPSA) is 44.5 Å². The summed E-state index contributed by atoms with van der Waals surface area (Å²) in [4.78, 5) is 0. The summed E-state index contributed by atoms with van der Waals surface area (Å²) in [5.41, 5.74) is 7.59. The predicted molar refractivity (Wildman–Crippen MR) is 107 cm³/mol. The first-order valence-corrected chi connectivity index (χ1v) is 9.43. The van der Waals surface area contributed by atoms with Crippen LogP contribution in [0, 0.1) is 0 Å². The summed E-state index contributed by atoms with van der Waals surface area (Å²) in [7, 11) is 0. The normalized spacial score (nSPS) is 16.2. The van der Waals surface area contributed by atoms with Crippen molar-refractivity contribution in [1.29, 1.82) is 0 Å². The van der Waals surface area contributed by atoms with E-state index in [2.05, 4.69) is 12.1 Å². The van der Waals surface area contributed by atoms with Gasteiger partial charge in [-0.2, -0.15) is 0 Å². The van der Waals surface area contributed by atoms with Crippen molar-refractivity contribution in [2.24, 2.45) is 5.73 Å². The molecule has 1 aliphatic rings. The molecular formula is C21H30BNO2. The summed E-state index contributed by atoms with van der Waals surface area (Å²) in [5.74, 6) is 2.01. The third kappa shape index (κ3) is 8.85. The van der Waals surface area contributed by atoms with Crippen LogP contribution < -0.4 is 5.73 Å². The van der Waals surface area contributed by atoms with E-state index in [4.69, 9.17) is 15.2 Å². The molecule has 2 rings (SSSR count). The summed E-state index contributed by atoms with van der Waals surface area (Å²) in [6, 6.07) is 10.2. The maximum absolute atomic E-state index is 5.92. The van der Waals surface area contributed by atoms with Crippen molar-refractivity contribution in [3.63, 3.8) is 0 Å². The molecule has 0 radical (unpaired) electrons. The van der Waals surface area contributed by atoms with Gasteiger partial charge < -0.3 is 0 Å². The molecule has 0 saturated carbocycles. The number of rotatable bonds is 12. The minimum atomic E-state index is -0.0138. The number of unbranched alkanes of at least 4 members (excludes halogenated alkanes) is 5. The Morgan fingerprint density at radius 1 is 0.920 bits per heavy atom. The van der Waals surface area contributed by atoms with Gasteiger partial charge in [-0.3, -0.25) is 0 Å². The van der Waals surface area contributed by atoms with Gasteiger partial charge in [-0.15, -0.1) is 0 Å². The van der Waals surface area contributed by atoms with Gasteiger partial charge in [0.05, 0.1) is 0 Å². The fraction of sp³-hybridized carbons (Fsp3) is 0.476. The van der Waals surface area contributed by atoms with E-state index in [1.807, 2.05) is 49.3 Å². The van der Waals surface area contributed by atoms with Crippen LogP contribution in [0.25, 0.3) is 0 Å². The molecule has 0 aliphatic carbocycles. The molecule has 1 aromatic rings. The molecule has 0 fully saturated rings. The van der Waals surface area contributed by atoms with E-state index in [1.165, 1.54) is 31.2 Å². The van der Waals surface area contributed by atoms with Crippen molar-refractivity contribution < 1.29 is 9.47 Å². The molecular weight excluding hydrogens is 309 g/mol. The zero-order valence-electron chi connectivity index (χ0n) is 15.1. The third-order valence-electron chi connectivity index (χ3n) is 4.16. The Balaban J connectivity index is 1.59. The molecule has 134 valence electrons. The van der Waals surface area contributed by atoms with Gasteiger partial charge in [0.25, 0.3) is 0 Å². The van der Waals surface area contributed by atoms with Crippen molar-refractivity contribution in [3.8, 4) is 0 Å². The second kappa shape index (κ2) is 12.7. The fourth-order valence-corrected chi connectivity index (χ4v) is 2.69. The van der Waals surface area contributed by atoms with Crippen LogP contribution in [-0.4, -0.2) is 31.8 Å². The number of benzene rings is 1. The van der Waals surface area contributed by atoms with Crippen LogP contribution in [0.5, 0.6) is 0 Å². The van der Waals surface area contributed by atoms with E-state index in [0.717, 1.165) is 31.6 Å². The summed E-state index contributed by atoms with van der Waals surface area (Å²) in [6.45, 7) is 4.20. The SMILES string of the molecule is NCCCCCCCCOC1=BC=CC(OCc2ccccc2)C=C1. The zero-order chi connectivity index (χ0) is 17.6. The molecule has 0 spiro atoms. The Kier molecular flexibility index (Phi) is 9.98. The first kappa shape index (κ1) is 19.7. The molecule has 1 aromatic carbocycles. The third-order valence-corrected chi connectivity index (χ3v) is 4.16. The van der Waals surface area contributed by atoms with E-state index in [1.54, 1.807) is 0 Å². The average Bonchev–Trinajstić information content (AvgIpc) is 2.88. The monoisotopic (exact) mass is 339 g/mol. The maximum atomic E-state index is 5.92. The molecule has 0 aromatic heterocycles. The Hall–Kier alpha value is -1.65.